The number of ether oxygens (including phenoxy) is 1. The van der Waals surface area contributed by atoms with Crippen molar-refractivity contribution in [2.45, 2.75) is 0 Å². The van der Waals surface area contributed by atoms with Crippen LogP contribution in [0.25, 0.3) is 0 Å². The summed E-state index contributed by atoms with van der Waals surface area (Å²) in [5.74, 6) is -0.291. The third-order valence-electron chi connectivity index (χ3n) is 1.90. The molecular weight excluding hydrogens is 281 g/mol. The highest BCUT2D eigenvalue weighted by Gasteiger charge is 2.11. The van der Waals surface area contributed by atoms with Crippen LogP contribution in [-0.4, -0.2) is 33.2 Å². The second kappa shape index (κ2) is 5.19. The van der Waals surface area contributed by atoms with Crippen molar-refractivity contribution in [3.63, 3.8) is 0 Å². The molecule has 18 heavy (non-hydrogen) atoms. The van der Waals surface area contributed by atoms with Crippen LogP contribution in [0, 0.1) is 0 Å². The highest BCUT2D eigenvalue weighted by atomic mass is 35.5. The molecule has 0 atom stereocenters. The largest absolute Gasteiger partial charge is 0.466 e. The Morgan fingerprint density at radius 2 is 2.00 bits per heavy atom. The van der Waals surface area contributed by atoms with E-state index in [-0.39, 0.29) is 27.8 Å². The van der Waals surface area contributed by atoms with Gasteiger partial charge in [-0.3, -0.25) is 10.1 Å². The first-order chi connectivity index (χ1) is 8.58. The standard InChI is InChI=1S/C9H7Cl2N5O2/c1-18-9-14-8(15-16-9)13-7(17)4-2-5(10)12-6(11)3-4/h2-3H,1H3,(H2,13,14,15,16,17). The maximum Gasteiger partial charge on any atom is 0.336 e. The molecule has 0 aliphatic heterocycles. The van der Waals surface area contributed by atoms with Crippen molar-refractivity contribution in [3.05, 3.63) is 28.0 Å². The highest BCUT2D eigenvalue weighted by molar-refractivity contribution is 6.33. The molecule has 0 aliphatic rings. The van der Waals surface area contributed by atoms with Gasteiger partial charge < -0.3 is 4.74 Å². The van der Waals surface area contributed by atoms with E-state index in [0.717, 1.165) is 0 Å². The fourth-order valence-corrected chi connectivity index (χ4v) is 1.63. The van der Waals surface area contributed by atoms with Crippen LogP contribution in [0.3, 0.4) is 0 Å². The number of aromatic amines is 1. The van der Waals surface area contributed by atoms with Gasteiger partial charge >= 0.3 is 6.01 Å². The molecule has 9 heteroatoms. The first kappa shape index (κ1) is 12.6. The molecule has 0 saturated carbocycles. The van der Waals surface area contributed by atoms with Gasteiger partial charge in [0.05, 0.1) is 7.11 Å². The summed E-state index contributed by atoms with van der Waals surface area (Å²) in [5.41, 5.74) is 0.260. The second-order valence-corrected chi connectivity index (χ2v) is 3.90. The van der Waals surface area contributed by atoms with Crippen LogP contribution in [0.5, 0.6) is 6.01 Å². The zero-order valence-corrected chi connectivity index (χ0v) is 10.6. The summed E-state index contributed by atoms with van der Waals surface area (Å²) >= 11 is 11.4. The Kier molecular flexibility index (Phi) is 3.63. The summed E-state index contributed by atoms with van der Waals surface area (Å²) < 4.78 is 4.76. The van der Waals surface area contributed by atoms with Crippen LogP contribution in [0.1, 0.15) is 10.4 Å². The van der Waals surface area contributed by atoms with Gasteiger partial charge in [0.2, 0.25) is 5.95 Å². The SMILES string of the molecule is COc1n[nH]c(NC(=O)c2cc(Cl)nc(Cl)c2)n1. The van der Waals surface area contributed by atoms with Gasteiger partial charge in [-0.1, -0.05) is 23.2 Å². The number of amides is 1. The number of nitrogens with one attached hydrogen (secondary N) is 2. The molecule has 0 bridgehead atoms. The Balaban J connectivity index is 2.16. The lowest BCUT2D eigenvalue weighted by atomic mass is 10.2. The van der Waals surface area contributed by atoms with Crippen LogP contribution in [-0.2, 0) is 0 Å². The first-order valence-corrected chi connectivity index (χ1v) is 5.45. The number of carbonyl (C=O) groups excluding carboxylic acids is 1. The monoisotopic (exact) mass is 287 g/mol. The van der Waals surface area contributed by atoms with Crippen molar-refractivity contribution in [1.29, 1.82) is 0 Å². The Morgan fingerprint density at radius 3 is 2.56 bits per heavy atom. The Bertz CT molecular complexity index is 566. The predicted octanol–water partition coefficient (Wildman–Crippen LogP) is 1.77. The number of rotatable bonds is 3. The fourth-order valence-electron chi connectivity index (χ4n) is 1.17. The number of hydrogen-bond acceptors (Lipinski definition) is 5. The van der Waals surface area contributed by atoms with E-state index in [2.05, 4.69) is 25.5 Å². The summed E-state index contributed by atoms with van der Waals surface area (Å²) in [5, 5.41) is 8.90. The number of H-pyrrole nitrogens is 1. The third kappa shape index (κ3) is 2.88. The van der Waals surface area contributed by atoms with Gasteiger partial charge in [-0.15, -0.1) is 5.10 Å². The molecule has 0 fully saturated rings. The van der Waals surface area contributed by atoms with Crippen molar-refractivity contribution in [2.75, 3.05) is 12.4 Å². The molecule has 7 nitrogen and oxygen atoms in total. The molecule has 0 aliphatic carbocycles. The van der Waals surface area contributed by atoms with E-state index in [9.17, 15) is 4.79 Å². The molecule has 0 radical (unpaired) electrons. The fraction of sp³-hybridized carbons (Fsp3) is 0.111. The normalized spacial score (nSPS) is 10.2. The minimum atomic E-state index is -0.444. The minimum absolute atomic E-state index is 0.121. The topological polar surface area (TPSA) is 92.8 Å². The minimum Gasteiger partial charge on any atom is -0.466 e. The molecule has 0 spiro atoms. The number of aromatic nitrogens is 4. The van der Waals surface area contributed by atoms with Gasteiger partial charge in [-0.2, -0.15) is 4.98 Å². The van der Waals surface area contributed by atoms with Gasteiger partial charge in [0.15, 0.2) is 0 Å². The summed E-state index contributed by atoms with van der Waals surface area (Å²) in [7, 11) is 1.41. The van der Waals surface area contributed by atoms with E-state index in [4.69, 9.17) is 27.9 Å². The van der Waals surface area contributed by atoms with Crippen molar-refractivity contribution >= 4 is 35.1 Å². The second-order valence-electron chi connectivity index (χ2n) is 3.13. The maximum absolute atomic E-state index is 11.8. The lowest BCUT2D eigenvalue weighted by Crippen LogP contribution is -2.13. The molecule has 2 aromatic heterocycles. The zero-order valence-electron chi connectivity index (χ0n) is 9.07. The molecule has 94 valence electrons. The lowest BCUT2D eigenvalue weighted by Gasteiger charge is -2.02. The molecule has 0 aromatic carbocycles. The third-order valence-corrected chi connectivity index (χ3v) is 2.29. The average Bonchev–Trinajstić information content (AvgIpc) is 2.75. The molecule has 2 heterocycles. The number of nitrogens with zero attached hydrogens (tertiary/aromatic N) is 3. The first-order valence-electron chi connectivity index (χ1n) is 4.69. The van der Waals surface area contributed by atoms with Crippen LogP contribution in [0.15, 0.2) is 12.1 Å². The van der Waals surface area contributed by atoms with E-state index >= 15 is 0 Å². The van der Waals surface area contributed by atoms with E-state index in [0.29, 0.717) is 0 Å². The van der Waals surface area contributed by atoms with E-state index in [1.807, 2.05) is 0 Å². The Labute approximate surface area is 111 Å². The van der Waals surface area contributed by atoms with Crippen molar-refractivity contribution in [1.82, 2.24) is 20.2 Å². The van der Waals surface area contributed by atoms with E-state index < -0.39 is 5.91 Å². The maximum atomic E-state index is 11.8. The van der Waals surface area contributed by atoms with Crippen LogP contribution >= 0.6 is 23.2 Å². The zero-order chi connectivity index (χ0) is 13.1. The number of halogens is 2. The number of hydrogen-bond donors (Lipinski definition) is 2. The molecule has 2 aromatic rings. The van der Waals surface area contributed by atoms with Crippen molar-refractivity contribution in [2.24, 2.45) is 0 Å². The van der Waals surface area contributed by atoms with Gasteiger partial charge in [0.25, 0.3) is 5.91 Å². The lowest BCUT2D eigenvalue weighted by molar-refractivity contribution is 0.102. The quantitative estimate of drug-likeness (QED) is 0.839. The molecule has 2 rings (SSSR count). The summed E-state index contributed by atoms with van der Waals surface area (Å²) in [6.45, 7) is 0. The number of pyridine rings is 1. The van der Waals surface area contributed by atoms with Crippen LogP contribution in [0.2, 0.25) is 10.3 Å². The molecular formula is C9H7Cl2N5O2. The van der Waals surface area contributed by atoms with Crippen LogP contribution < -0.4 is 10.1 Å². The molecule has 1 amide bonds. The smallest absolute Gasteiger partial charge is 0.336 e. The summed E-state index contributed by atoms with van der Waals surface area (Å²) in [6, 6.07) is 2.89. The Hall–Kier alpha value is -1.86. The van der Waals surface area contributed by atoms with Gasteiger partial charge in [0, 0.05) is 5.56 Å². The number of methoxy groups -OCH3 is 1. The van der Waals surface area contributed by atoms with Crippen LogP contribution in [0.4, 0.5) is 5.95 Å². The van der Waals surface area contributed by atoms with Gasteiger partial charge in [0.1, 0.15) is 10.3 Å². The molecule has 2 N–H and O–H groups in total. The van der Waals surface area contributed by atoms with E-state index in [1.54, 1.807) is 0 Å². The Morgan fingerprint density at radius 1 is 1.33 bits per heavy atom. The number of anilines is 1. The number of carbonyl (C=O) groups is 1. The van der Waals surface area contributed by atoms with E-state index in [1.165, 1.54) is 19.2 Å². The average molecular weight is 288 g/mol. The van der Waals surface area contributed by atoms with Gasteiger partial charge in [-0.25, -0.2) is 10.1 Å². The molecule has 0 saturated heterocycles. The predicted molar refractivity (Wildman–Crippen MR) is 65.1 cm³/mol. The summed E-state index contributed by atoms with van der Waals surface area (Å²) in [6.07, 6.45) is 0. The summed E-state index contributed by atoms with van der Waals surface area (Å²) in [4.78, 5) is 19.4. The van der Waals surface area contributed by atoms with Crippen molar-refractivity contribution < 1.29 is 9.53 Å². The highest BCUT2D eigenvalue weighted by Crippen LogP contribution is 2.15. The van der Waals surface area contributed by atoms with Crippen molar-refractivity contribution in [3.8, 4) is 6.01 Å². The van der Waals surface area contributed by atoms with Gasteiger partial charge in [-0.05, 0) is 12.1 Å². The molecule has 0 unspecified atom stereocenters.